The number of aromatic nitrogens is 1. The van der Waals surface area contributed by atoms with Crippen molar-refractivity contribution in [3.8, 4) is 0 Å². The number of hydrogen-bond donors (Lipinski definition) is 9. The number of benzene rings is 1. The van der Waals surface area contributed by atoms with E-state index in [0.29, 0.717) is 19.4 Å². The Balaban J connectivity index is 2.04. The highest BCUT2D eigenvalue weighted by atomic mass is 32.1. The van der Waals surface area contributed by atoms with Crippen LogP contribution in [0.1, 0.15) is 31.7 Å². The zero-order valence-corrected chi connectivity index (χ0v) is 21.5. The van der Waals surface area contributed by atoms with E-state index in [1.165, 1.54) is 6.92 Å². The molecule has 5 atom stereocenters. The Kier molecular flexibility index (Phi) is 11.9. The second kappa shape index (κ2) is 14.6. The highest BCUT2D eigenvalue weighted by Crippen LogP contribution is 2.18. The molecule has 1 aromatic heterocycles. The van der Waals surface area contributed by atoms with E-state index in [4.69, 9.17) is 11.5 Å². The van der Waals surface area contributed by atoms with Crippen LogP contribution in [0.25, 0.3) is 10.9 Å². The first-order valence-corrected chi connectivity index (χ1v) is 12.7. The predicted molar refractivity (Wildman–Crippen MR) is 142 cm³/mol. The second-order valence-electron chi connectivity index (χ2n) is 8.82. The number of aliphatic hydroxyl groups excluding tert-OH is 1. The van der Waals surface area contributed by atoms with Crippen molar-refractivity contribution < 1.29 is 29.4 Å². The summed E-state index contributed by atoms with van der Waals surface area (Å²) in [6.45, 7) is 1.60. The Hall–Kier alpha value is -3.13. The van der Waals surface area contributed by atoms with Gasteiger partial charge in [0.05, 0.1) is 12.1 Å². The molecule has 1 heterocycles. The predicted octanol–water partition coefficient (Wildman–Crippen LogP) is -0.984. The fourth-order valence-corrected chi connectivity index (χ4v) is 4.04. The van der Waals surface area contributed by atoms with Crippen LogP contribution in [-0.4, -0.2) is 81.5 Å². The van der Waals surface area contributed by atoms with Gasteiger partial charge in [0, 0.05) is 22.9 Å². The summed E-state index contributed by atoms with van der Waals surface area (Å²) < 4.78 is 0. The minimum absolute atomic E-state index is 0.0695. The number of hydrogen-bond acceptors (Lipinski definition) is 8. The number of thiol groups is 1. The molecule has 204 valence electrons. The maximum atomic E-state index is 12.9. The molecule has 3 amide bonds. The molecular weight excluding hydrogens is 500 g/mol. The van der Waals surface area contributed by atoms with Gasteiger partial charge in [0.15, 0.2) is 6.04 Å². The molecule has 0 radical (unpaired) electrons. The van der Waals surface area contributed by atoms with Crippen molar-refractivity contribution in [3.05, 3.63) is 36.0 Å². The van der Waals surface area contributed by atoms with Gasteiger partial charge in [0.2, 0.25) is 17.7 Å². The third kappa shape index (κ3) is 8.74. The highest BCUT2D eigenvalue weighted by Gasteiger charge is 2.31. The van der Waals surface area contributed by atoms with Gasteiger partial charge in [-0.25, -0.2) is 4.79 Å². The Morgan fingerprint density at radius 1 is 1.03 bits per heavy atom. The maximum Gasteiger partial charge on any atom is 0.328 e. The minimum atomic E-state index is -1.55. The van der Waals surface area contributed by atoms with E-state index in [1.807, 2.05) is 24.3 Å². The maximum absolute atomic E-state index is 12.9. The lowest BCUT2D eigenvalue weighted by Crippen LogP contribution is -2.58. The number of aromatic amines is 1. The lowest BCUT2D eigenvalue weighted by atomic mass is 10.0. The summed E-state index contributed by atoms with van der Waals surface area (Å²) in [6.07, 6.45) is 1.89. The number of nitrogens with two attached hydrogens (primary N) is 2. The van der Waals surface area contributed by atoms with Gasteiger partial charge in [-0.05, 0) is 50.8 Å². The van der Waals surface area contributed by atoms with Crippen LogP contribution in [0.4, 0.5) is 0 Å². The normalized spacial score (nSPS) is 15.3. The van der Waals surface area contributed by atoms with Gasteiger partial charge in [-0.3, -0.25) is 14.4 Å². The zero-order chi connectivity index (χ0) is 27.5. The Morgan fingerprint density at radius 2 is 1.68 bits per heavy atom. The van der Waals surface area contributed by atoms with Gasteiger partial charge in [0.25, 0.3) is 0 Å². The fraction of sp³-hybridized carbons (Fsp3) is 0.500. The van der Waals surface area contributed by atoms with Crippen molar-refractivity contribution in [2.24, 2.45) is 11.5 Å². The van der Waals surface area contributed by atoms with E-state index in [0.717, 1.165) is 16.5 Å². The molecule has 12 nitrogen and oxygen atoms in total. The van der Waals surface area contributed by atoms with Crippen LogP contribution in [0.3, 0.4) is 0 Å². The number of para-hydroxylation sites is 1. The number of carboxylic acids is 1. The van der Waals surface area contributed by atoms with Gasteiger partial charge in [-0.1, -0.05) is 18.2 Å². The monoisotopic (exact) mass is 536 g/mol. The molecule has 0 spiro atoms. The highest BCUT2D eigenvalue weighted by molar-refractivity contribution is 7.80. The molecule has 0 aliphatic rings. The van der Waals surface area contributed by atoms with Crippen LogP contribution in [0, 0.1) is 0 Å². The summed E-state index contributed by atoms with van der Waals surface area (Å²) in [4.78, 5) is 52.9. The van der Waals surface area contributed by atoms with Crippen molar-refractivity contribution in [1.82, 2.24) is 20.9 Å². The number of aliphatic carboxylic acids is 1. The molecule has 10 N–H and O–H groups in total. The quantitative estimate of drug-likeness (QED) is 0.102. The van der Waals surface area contributed by atoms with Crippen LogP contribution >= 0.6 is 12.6 Å². The number of H-pyrrole nitrogens is 1. The lowest BCUT2D eigenvalue weighted by molar-refractivity contribution is -0.145. The molecule has 13 heteroatoms. The summed E-state index contributed by atoms with van der Waals surface area (Å²) in [5, 5.41) is 27.2. The molecule has 2 rings (SSSR count). The molecule has 5 unspecified atom stereocenters. The summed E-state index contributed by atoms with van der Waals surface area (Å²) in [6, 6.07) is 2.89. The van der Waals surface area contributed by atoms with Gasteiger partial charge in [-0.15, -0.1) is 0 Å². The largest absolute Gasteiger partial charge is 0.480 e. The molecule has 37 heavy (non-hydrogen) atoms. The molecule has 0 aliphatic carbocycles. The van der Waals surface area contributed by atoms with Gasteiger partial charge in [-0.2, -0.15) is 12.6 Å². The van der Waals surface area contributed by atoms with Crippen LogP contribution < -0.4 is 27.4 Å². The van der Waals surface area contributed by atoms with Crippen LogP contribution in [0.15, 0.2) is 30.5 Å². The Labute approximate surface area is 220 Å². The molecule has 0 bridgehead atoms. The van der Waals surface area contributed by atoms with E-state index in [2.05, 4.69) is 33.6 Å². The average Bonchev–Trinajstić information content (AvgIpc) is 3.27. The van der Waals surface area contributed by atoms with Crippen molar-refractivity contribution in [2.45, 2.75) is 62.9 Å². The number of carboxylic acid groups (broad SMARTS) is 1. The summed E-state index contributed by atoms with van der Waals surface area (Å²) in [7, 11) is 0. The number of unbranched alkanes of at least 4 members (excludes halogenated alkanes) is 1. The van der Waals surface area contributed by atoms with Gasteiger partial charge in [0.1, 0.15) is 12.1 Å². The smallest absolute Gasteiger partial charge is 0.328 e. The molecule has 1 aromatic carbocycles. The summed E-state index contributed by atoms with van der Waals surface area (Å²) >= 11 is 4.16. The summed E-state index contributed by atoms with van der Waals surface area (Å²) in [5.74, 6) is -3.51. The number of nitrogens with one attached hydrogen (secondary N) is 4. The molecule has 2 aromatic rings. The third-order valence-electron chi connectivity index (χ3n) is 5.89. The van der Waals surface area contributed by atoms with E-state index in [9.17, 15) is 29.4 Å². The van der Waals surface area contributed by atoms with E-state index < -0.39 is 54.0 Å². The molecule has 0 aliphatic heterocycles. The topological polar surface area (TPSA) is 213 Å². The van der Waals surface area contributed by atoms with Crippen molar-refractivity contribution >= 4 is 47.2 Å². The fourth-order valence-electron chi connectivity index (χ4n) is 3.78. The van der Waals surface area contributed by atoms with E-state index in [1.54, 1.807) is 6.20 Å². The van der Waals surface area contributed by atoms with Crippen molar-refractivity contribution in [3.63, 3.8) is 0 Å². The minimum Gasteiger partial charge on any atom is -0.480 e. The zero-order valence-electron chi connectivity index (χ0n) is 20.6. The Bertz CT molecular complexity index is 1080. The lowest BCUT2D eigenvalue weighted by Gasteiger charge is -2.25. The third-order valence-corrected chi connectivity index (χ3v) is 6.26. The number of fused-ring (bicyclic) bond motifs is 1. The van der Waals surface area contributed by atoms with Crippen molar-refractivity contribution in [2.75, 3.05) is 12.3 Å². The number of carbonyl (C=O) groups excluding carboxylic acids is 3. The van der Waals surface area contributed by atoms with E-state index >= 15 is 0 Å². The SMILES string of the molecule is CC(O)C(NC(=O)C(CCCCN)NC(=O)C(CS)NC(=O)C(N)Cc1c[nH]c2ccccc12)C(=O)O. The molecule has 0 saturated carbocycles. The molecule has 0 fully saturated rings. The average molecular weight is 537 g/mol. The number of aliphatic hydroxyl groups is 1. The van der Waals surface area contributed by atoms with Crippen LogP contribution in [0.2, 0.25) is 0 Å². The van der Waals surface area contributed by atoms with E-state index in [-0.39, 0.29) is 18.6 Å². The second-order valence-corrected chi connectivity index (χ2v) is 9.19. The molecular formula is C24H36N6O6S. The first-order valence-electron chi connectivity index (χ1n) is 12.0. The van der Waals surface area contributed by atoms with Gasteiger partial charge >= 0.3 is 5.97 Å². The summed E-state index contributed by atoms with van der Waals surface area (Å²) in [5.41, 5.74) is 13.4. The van der Waals surface area contributed by atoms with Gasteiger partial charge < -0.3 is 42.6 Å². The molecule has 0 saturated heterocycles. The Morgan fingerprint density at radius 3 is 2.30 bits per heavy atom. The first kappa shape index (κ1) is 30.1. The van der Waals surface area contributed by atoms with Crippen LogP contribution in [0.5, 0.6) is 0 Å². The standard InChI is InChI=1S/C24H36N6O6S/c1-13(31)20(24(35)36)30-22(33)18(8-4-5-9-25)28-23(34)19(12-37)29-21(32)16(26)10-14-11-27-17-7-3-2-6-15(14)17/h2-3,6-7,11,13,16,18-20,27,31,37H,4-5,8-10,12,25-26H2,1H3,(H,28,34)(H,29,32)(H,30,33)(H,35,36). The first-order chi connectivity index (χ1) is 17.6. The van der Waals surface area contributed by atoms with Crippen molar-refractivity contribution in [1.29, 1.82) is 0 Å². The van der Waals surface area contributed by atoms with Crippen LogP contribution in [-0.2, 0) is 25.6 Å². The number of amides is 3. The number of carbonyl (C=O) groups is 4. The number of rotatable bonds is 15.